The van der Waals surface area contributed by atoms with Crippen molar-refractivity contribution in [2.24, 2.45) is 0 Å². The molecule has 3 heteroatoms. The molecule has 0 fully saturated rings. The molecule has 210 valence electrons. The van der Waals surface area contributed by atoms with E-state index in [4.69, 9.17) is 0 Å². The molecule has 10 aromatic rings. The summed E-state index contributed by atoms with van der Waals surface area (Å²) in [6, 6.07) is 55.4. The molecule has 0 N–H and O–H groups in total. The van der Waals surface area contributed by atoms with Crippen molar-refractivity contribution in [1.29, 1.82) is 0 Å². The van der Waals surface area contributed by atoms with Crippen molar-refractivity contribution in [3.05, 3.63) is 158 Å². The number of rotatable bonds is 3. The van der Waals surface area contributed by atoms with E-state index in [1.54, 1.807) is 0 Å². The average molecular weight is 591 g/mol. The average Bonchev–Trinajstić information content (AvgIpc) is 3.80. The van der Waals surface area contributed by atoms with E-state index in [1.165, 1.54) is 86.2 Å². The smallest absolute Gasteiger partial charge is 0.0633 e. The fourth-order valence-electron chi connectivity index (χ4n) is 7.25. The van der Waals surface area contributed by atoms with Crippen molar-refractivity contribution in [2.75, 3.05) is 0 Å². The van der Waals surface area contributed by atoms with Crippen molar-refractivity contribution < 1.29 is 0 Å². The molecule has 0 aliphatic heterocycles. The van der Waals surface area contributed by atoms with Crippen LogP contribution in [0.2, 0.25) is 0 Å². The van der Waals surface area contributed by atoms with E-state index in [2.05, 4.69) is 167 Å². The number of para-hydroxylation sites is 2. The predicted octanol–water partition coefficient (Wildman–Crippen LogP) is 11.9. The molecule has 0 spiro atoms. The Kier molecular flexibility index (Phi) is 5.19. The highest BCUT2D eigenvalue weighted by Gasteiger charge is 2.19. The second-order valence-corrected chi connectivity index (χ2v) is 12.9. The Balaban J connectivity index is 1.25. The van der Waals surface area contributed by atoms with Crippen LogP contribution in [-0.4, -0.2) is 9.13 Å². The lowest BCUT2D eigenvalue weighted by molar-refractivity contribution is 1.13. The Morgan fingerprint density at radius 2 is 1.13 bits per heavy atom. The minimum absolute atomic E-state index is 1.18. The first-order chi connectivity index (χ1) is 22.3. The largest absolute Gasteiger partial charge is 0.317 e. The summed E-state index contributed by atoms with van der Waals surface area (Å²) < 4.78 is 7.42. The van der Waals surface area contributed by atoms with Gasteiger partial charge in [0.2, 0.25) is 0 Å². The van der Waals surface area contributed by atoms with E-state index in [1.807, 2.05) is 11.3 Å². The lowest BCUT2D eigenvalue weighted by Gasteiger charge is -2.11. The Morgan fingerprint density at radius 3 is 1.96 bits per heavy atom. The third kappa shape index (κ3) is 3.62. The SMILES string of the molecule is c1ccc(-n2ccc3cc(-c4ccc5c(c4)c4ccc6ccc7c8ccccc8sc7c6c4n5-c4ccccc4)ccc32)cc1. The van der Waals surface area contributed by atoms with Gasteiger partial charge < -0.3 is 9.13 Å². The van der Waals surface area contributed by atoms with Gasteiger partial charge in [-0.3, -0.25) is 0 Å². The molecule has 2 nitrogen and oxygen atoms in total. The highest BCUT2D eigenvalue weighted by Crippen LogP contribution is 2.44. The maximum absolute atomic E-state index is 2.48. The van der Waals surface area contributed by atoms with Gasteiger partial charge in [0.05, 0.1) is 16.6 Å². The highest BCUT2D eigenvalue weighted by molar-refractivity contribution is 7.26. The van der Waals surface area contributed by atoms with E-state index >= 15 is 0 Å². The predicted molar refractivity (Wildman–Crippen MR) is 193 cm³/mol. The molecule has 0 aliphatic carbocycles. The first kappa shape index (κ1) is 24.8. The van der Waals surface area contributed by atoms with Crippen LogP contribution >= 0.6 is 11.3 Å². The molecule has 0 unspecified atom stereocenters. The lowest BCUT2D eigenvalue weighted by atomic mass is 10.00. The first-order valence-corrected chi connectivity index (χ1v) is 16.2. The number of thiophene rings is 1. The zero-order valence-electron chi connectivity index (χ0n) is 24.3. The maximum atomic E-state index is 2.48. The van der Waals surface area contributed by atoms with Crippen LogP contribution < -0.4 is 0 Å². The van der Waals surface area contributed by atoms with E-state index in [9.17, 15) is 0 Å². The van der Waals surface area contributed by atoms with Gasteiger partial charge in [-0.1, -0.05) is 91.0 Å². The second-order valence-electron chi connectivity index (χ2n) is 11.8. The lowest BCUT2D eigenvalue weighted by Crippen LogP contribution is -1.94. The molecular weight excluding hydrogens is 565 g/mol. The van der Waals surface area contributed by atoms with Crippen LogP contribution in [0.1, 0.15) is 0 Å². The van der Waals surface area contributed by atoms with Gasteiger partial charge in [0.1, 0.15) is 0 Å². The summed E-state index contributed by atoms with van der Waals surface area (Å²) in [4.78, 5) is 0. The summed E-state index contributed by atoms with van der Waals surface area (Å²) in [5, 5.41) is 9.06. The molecule has 45 heavy (non-hydrogen) atoms. The molecule has 0 bridgehead atoms. The summed E-state index contributed by atoms with van der Waals surface area (Å²) in [5.41, 5.74) is 8.52. The van der Waals surface area contributed by atoms with Crippen molar-refractivity contribution in [2.45, 2.75) is 0 Å². The highest BCUT2D eigenvalue weighted by atomic mass is 32.1. The van der Waals surface area contributed by atoms with Gasteiger partial charge >= 0.3 is 0 Å². The molecule has 0 radical (unpaired) electrons. The van der Waals surface area contributed by atoms with Crippen LogP contribution in [-0.2, 0) is 0 Å². The molecule has 0 aliphatic rings. The topological polar surface area (TPSA) is 9.86 Å². The summed E-state index contributed by atoms with van der Waals surface area (Å²) >= 11 is 1.91. The zero-order valence-corrected chi connectivity index (χ0v) is 25.1. The molecule has 7 aromatic carbocycles. The monoisotopic (exact) mass is 590 g/mol. The van der Waals surface area contributed by atoms with Gasteiger partial charge in [-0.25, -0.2) is 0 Å². The van der Waals surface area contributed by atoms with Gasteiger partial charge in [0, 0.05) is 59.3 Å². The fraction of sp³-hybridized carbons (Fsp3) is 0. The molecule has 3 aromatic heterocycles. The fourth-order valence-corrected chi connectivity index (χ4v) is 8.51. The van der Waals surface area contributed by atoms with Crippen LogP contribution in [0.15, 0.2) is 158 Å². The van der Waals surface area contributed by atoms with Crippen molar-refractivity contribution >= 4 is 75.0 Å². The van der Waals surface area contributed by atoms with Crippen LogP contribution in [0.4, 0.5) is 0 Å². The number of hydrogen-bond acceptors (Lipinski definition) is 1. The van der Waals surface area contributed by atoms with Crippen LogP contribution in [0.25, 0.3) is 86.2 Å². The van der Waals surface area contributed by atoms with Crippen molar-refractivity contribution in [3.8, 4) is 22.5 Å². The van der Waals surface area contributed by atoms with Crippen molar-refractivity contribution in [1.82, 2.24) is 9.13 Å². The number of benzene rings is 7. The number of nitrogens with zero attached hydrogens (tertiary/aromatic N) is 2. The van der Waals surface area contributed by atoms with E-state index < -0.39 is 0 Å². The van der Waals surface area contributed by atoms with Crippen LogP contribution in [0.5, 0.6) is 0 Å². The van der Waals surface area contributed by atoms with Gasteiger partial charge in [-0.2, -0.15) is 0 Å². The third-order valence-corrected chi connectivity index (χ3v) is 10.5. The first-order valence-electron chi connectivity index (χ1n) is 15.4. The number of aromatic nitrogens is 2. The molecule has 0 saturated heterocycles. The molecular formula is C42H26N2S. The zero-order chi connectivity index (χ0) is 29.5. The Hall–Kier alpha value is -5.64. The van der Waals surface area contributed by atoms with E-state index in [0.29, 0.717) is 0 Å². The van der Waals surface area contributed by atoms with Crippen LogP contribution in [0.3, 0.4) is 0 Å². The molecule has 0 amide bonds. The van der Waals surface area contributed by atoms with Gasteiger partial charge in [0.15, 0.2) is 0 Å². The summed E-state index contributed by atoms with van der Waals surface area (Å²) in [6.07, 6.45) is 2.17. The Bertz CT molecular complexity index is 2740. The van der Waals surface area contributed by atoms with Gasteiger partial charge in [-0.15, -0.1) is 11.3 Å². The Labute approximate surface area is 263 Å². The van der Waals surface area contributed by atoms with E-state index in [0.717, 1.165) is 0 Å². The van der Waals surface area contributed by atoms with Crippen molar-refractivity contribution in [3.63, 3.8) is 0 Å². The molecule has 0 atom stereocenters. The molecule has 0 saturated carbocycles. The number of hydrogen-bond donors (Lipinski definition) is 0. The number of fused-ring (bicyclic) bond motifs is 10. The standard InChI is InChI=1S/C42H26N2S/c1-3-9-31(10-4-1)43-24-23-30-25-28(17-21-37(30)43)29-18-22-38-36(26-29)34-19-15-27-16-20-35-33-13-7-8-14-39(33)45-42(35)40(27)41(34)44(38)32-11-5-2-6-12-32/h1-26H. The summed E-state index contributed by atoms with van der Waals surface area (Å²) in [7, 11) is 0. The molecule has 10 rings (SSSR count). The summed E-state index contributed by atoms with van der Waals surface area (Å²) in [6.45, 7) is 0. The Morgan fingerprint density at radius 1 is 0.444 bits per heavy atom. The summed E-state index contributed by atoms with van der Waals surface area (Å²) in [5.74, 6) is 0. The second kappa shape index (κ2) is 9.43. The normalized spacial score (nSPS) is 12.0. The minimum Gasteiger partial charge on any atom is -0.317 e. The van der Waals surface area contributed by atoms with Gasteiger partial charge in [-0.05, 0) is 77.2 Å². The molecule has 3 heterocycles. The third-order valence-electron chi connectivity index (χ3n) is 9.32. The minimum atomic E-state index is 1.18. The van der Waals surface area contributed by atoms with Crippen LogP contribution in [0, 0.1) is 0 Å². The van der Waals surface area contributed by atoms with Gasteiger partial charge in [0.25, 0.3) is 0 Å². The quantitative estimate of drug-likeness (QED) is 0.194. The maximum Gasteiger partial charge on any atom is 0.0633 e. The van der Waals surface area contributed by atoms with E-state index in [-0.39, 0.29) is 0 Å².